The molecule has 1 aromatic heterocycles. The highest BCUT2D eigenvalue weighted by molar-refractivity contribution is 4.87. The summed E-state index contributed by atoms with van der Waals surface area (Å²) in [4.78, 5) is 4.39. The van der Waals surface area contributed by atoms with Crippen LogP contribution in [0.1, 0.15) is 44.3 Å². The van der Waals surface area contributed by atoms with E-state index in [2.05, 4.69) is 22.4 Å². The second kappa shape index (κ2) is 5.99. The van der Waals surface area contributed by atoms with E-state index in [9.17, 15) is 0 Å². The van der Waals surface area contributed by atoms with E-state index >= 15 is 0 Å². The van der Waals surface area contributed by atoms with E-state index in [-0.39, 0.29) is 0 Å². The third-order valence-corrected chi connectivity index (χ3v) is 3.21. The van der Waals surface area contributed by atoms with Crippen molar-refractivity contribution in [2.45, 2.75) is 45.4 Å². The predicted molar refractivity (Wildman–Crippen MR) is 62.2 cm³/mol. The summed E-state index contributed by atoms with van der Waals surface area (Å²) in [5, 5.41) is 7.35. The lowest BCUT2D eigenvalue weighted by molar-refractivity contribution is 0.323. The first-order valence-corrected chi connectivity index (χ1v) is 6.40. The number of nitrogens with one attached hydrogen (secondary N) is 1. The van der Waals surface area contributed by atoms with Crippen LogP contribution in [0.4, 0.5) is 0 Å². The van der Waals surface area contributed by atoms with E-state index in [1.54, 1.807) is 0 Å². The normalized spacial score (nSPS) is 17.8. The van der Waals surface area contributed by atoms with Crippen molar-refractivity contribution in [3.63, 3.8) is 0 Å². The Balaban J connectivity index is 1.75. The molecule has 1 aliphatic rings. The fourth-order valence-electron chi connectivity index (χ4n) is 2.21. The van der Waals surface area contributed by atoms with Gasteiger partial charge < -0.3 is 9.84 Å². The maximum atomic E-state index is 5.23. The van der Waals surface area contributed by atoms with Gasteiger partial charge in [0, 0.05) is 12.8 Å². The first-order chi connectivity index (χ1) is 7.88. The van der Waals surface area contributed by atoms with E-state index in [0.29, 0.717) is 0 Å². The molecule has 0 spiro atoms. The van der Waals surface area contributed by atoms with Crippen LogP contribution < -0.4 is 5.32 Å². The lowest BCUT2D eigenvalue weighted by Gasteiger charge is -2.21. The highest BCUT2D eigenvalue weighted by atomic mass is 16.5. The van der Waals surface area contributed by atoms with Crippen molar-refractivity contribution in [3.8, 4) is 0 Å². The molecule has 1 aliphatic heterocycles. The zero-order chi connectivity index (χ0) is 11.2. The number of piperidine rings is 1. The van der Waals surface area contributed by atoms with Gasteiger partial charge in [0.25, 0.3) is 0 Å². The smallest absolute Gasteiger partial charge is 0.226 e. The summed E-state index contributed by atoms with van der Waals surface area (Å²) >= 11 is 0. The number of aromatic nitrogens is 2. The van der Waals surface area contributed by atoms with Gasteiger partial charge in [-0.3, -0.25) is 0 Å². The first-order valence-electron chi connectivity index (χ1n) is 6.40. The minimum atomic E-state index is 0.821. The van der Waals surface area contributed by atoms with Gasteiger partial charge in [0.1, 0.15) is 0 Å². The Morgan fingerprint density at radius 3 is 2.88 bits per heavy atom. The number of rotatable bonds is 5. The Morgan fingerprint density at radius 1 is 1.31 bits per heavy atom. The molecule has 0 radical (unpaired) electrons. The molecule has 4 nitrogen and oxygen atoms in total. The SMILES string of the molecule is CCCc1noc(CCC2CCNCC2)n1. The molecule has 2 rings (SSSR count). The average Bonchev–Trinajstić information content (AvgIpc) is 2.76. The number of hydrogen-bond acceptors (Lipinski definition) is 4. The van der Waals surface area contributed by atoms with E-state index in [1.165, 1.54) is 19.3 Å². The minimum absolute atomic E-state index is 0.821. The first kappa shape index (κ1) is 11.6. The Labute approximate surface area is 96.8 Å². The standard InChI is InChI=1S/C12H21N3O/c1-2-3-11-14-12(16-15-11)5-4-10-6-8-13-9-7-10/h10,13H,2-9H2,1H3. The van der Waals surface area contributed by atoms with Gasteiger partial charge >= 0.3 is 0 Å². The zero-order valence-corrected chi connectivity index (χ0v) is 10.0. The molecule has 90 valence electrons. The monoisotopic (exact) mass is 223 g/mol. The van der Waals surface area contributed by atoms with Gasteiger partial charge in [-0.25, -0.2) is 0 Å². The zero-order valence-electron chi connectivity index (χ0n) is 10.0. The van der Waals surface area contributed by atoms with Crippen LogP contribution in [-0.4, -0.2) is 23.2 Å². The van der Waals surface area contributed by atoms with Crippen LogP contribution in [0.15, 0.2) is 4.52 Å². The van der Waals surface area contributed by atoms with E-state index in [1.807, 2.05) is 0 Å². The molecule has 1 fully saturated rings. The van der Waals surface area contributed by atoms with Crippen molar-refractivity contribution in [2.75, 3.05) is 13.1 Å². The van der Waals surface area contributed by atoms with Crippen molar-refractivity contribution < 1.29 is 4.52 Å². The fraction of sp³-hybridized carbons (Fsp3) is 0.833. The van der Waals surface area contributed by atoms with Gasteiger partial charge in [-0.05, 0) is 44.7 Å². The maximum absolute atomic E-state index is 5.23. The average molecular weight is 223 g/mol. The molecule has 0 atom stereocenters. The predicted octanol–water partition coefficient (Wildman–Crippen LogP) is 1.95. The highest BCUT2D eigenvalue weighted by Gasteiger charge is 2.14. The van der Waals surface area contributed by atoms with E-state index in [4.69, 9.17) is 4.52 Å². The summed E-state index contributed by atoms with van der Waals surface area (Å²) in [7, 11) is 0. The molecule has 1 aromatic rings. The van der Waals surface area contributed by atoms with Gasteiger partial charge in [-0.2, -0.15) is 4.98 Å². The minimum Gasteiger partial charge on any atom is -0.339 e. The molecule has 0 amide bonds. The van der Waals surface area contributed by atoms with Crippen LogP contribution >= 0.6 is 0 Å². The summed E-state index contributed by atoms with van der Waals surface area (Å²) < 4.78 is 5.23. The van der Waals surface area contributed by atoms with Crippen molar-refractivity contribution in [1.82, 2.24) is 15.5 Å². The number of aryl methyl sites for hydroxylation is 2. The summed E-state index contributed by atoms with van der Waals surface area (Å²) in [6.07, 6.45) is 6.72. The molecule has 0 unspecified atom stereocenters. The van der Waals surface area contributed by atoms with E-state index in [0.717, 1.165) is 50.0 Å². The summed E-state index contributed by atoms with van der Waals surface area (Å²) in [6.45, 7) is 4.45. The Morgan fingerprint density at radius 2 is 2.12 bits per heavy atom. The van der Waals surface area contributed by atoms with Gasteiger partial charge in [0.05, 0.1) is 0 Å². The molecule has 0 aromatic carbocycles. The molecule has 0 aliphatic carbocycles. The summed E-state index contributed by atoms with van der Waals surface area (Å²) in [5.74, 6) is 2.52. The molecule has 1 N–H and O–H groups in total. The Bertz CT molecular complexity index is 305. The number of nitrogens with zero attached hydrogens (tertiary/aromatic N) is 2. The van der Waals surface area contributed by atoms with Crippen LogP contribution in [0, 0.1) is 5.92 Å². The molecule has 0 bridgehead atoms. The van der Waals surface area contributed by atoms with Crippen molar-refractivity contribution in [3.05, 3.63) is 11.7 Å². The van der Waals surface area contributed by atoms with Crippen molar-refractivity contribution in [1.29, 1.82) is 0 Å². The lowest BCUT2D eigenvalue weighted by atomic mass is 9.93. The second-order valence-electron chi connectivity index (χ2n) is 4.59. The van der Waals surface area contributed by atoms with Gasteiger partial charge in [-0.15, -0.1) is 0 Å². The van der Waals surface area contributed by atoms with E-state index < -0.39 is 0 Å². The van der Waals surface area contributed by atoms with Gasteiger partial charge in [0.2, 0.25) is 5.89 Å². The quantitative estimate of drug-likeness (QED) is 0.829. The third kappa shape index (κ3) is 3.30. The largest absolute Gasteiger partial charge is 0.339 e. The Hall–Kier alpha value is -0.900. The third-order valence-electron chi connectivity index (χ3n) is 3.21. The molecular weight excluding hydrogens is 202 g/mol. The second-order valence-corrected chi connectivity index (χ2v) is 4.59. The maximum Gasteiger partial charge on any atom is 0.226 e. The molecule has 1 saturated heterocycles. The van der Waals surface area contributed by atoms with Crippen LogP contribution in [0.25, 0.3) is 0 Å². The van der Waals surface area contributed by atoms with Crippen LogP contribution in [0.3, 0.4) is 0 Å². The van der Waals surface area contributed by atoms with Gasteiger partial charge in [-0.1, -0.05) is 12.1 Å². The van der Waals surface area contributed by atoms with Crippen molar-refractivity contribution in [2.24, 2.45) is 5.92 Å². The fourth-order valence-corrected chi connectivity index (χ4v) is 2.21. The molecular formula is C12H21N3O. The van der Waals surface area contributed by atoms with Crippen LogP contribution in [0.5, 0.6) is 0 Å². The molecule has 16 heavy (non-hydrogen) atoms. The molecule has 2 heterocycles. The lowest BCUT2D eigenvalue weighted by Crippen LogP contribution is -2.27. The number of hydrogen-bond donors (Lipinski definition) is 1. The van der Waals surface area contributed by atoms with Crippen LogP contribution in [0.2, 0.25) is 0 Å². The van der Waals surface area contributed by atoms with Crippen molar-refractivity contribution >= 4 is 0 Å². The Kier molecular flexibility index (Phi) is 4.34. The topological polar surface area (TPSA) is 51.0 Å². The molecule has 0 saturated carbocycles. The summed E-state index contributed by atoms with van der Waals surface area (Å²) in [5.41, 5.74) is 0. The summed E-state index contributed by atoms with van der Waals surface area (Å²) in [6, 6.07) is 0. The molecule has 4 heteroatoms. The van der Waals surface area contributed by atoms with Crippen LogP contribution in [-0.2, 0) is 12.8 Å². The van der Waals surface area contributed by atoms with Gasteiger partial charge in [0.15, 0.2) is 5.82 Å². The highest BCUT2D eigenvalue weighted by Crippen LogP contribution is 2.18.